The van der Waals surface area contributed by atoms with Crippen molar-refractivity contribution in [2.75, 3.05) is 0 Å². The number of carbonyl (C=O) groups excluding carboxylic acids is 3. The third-order valence-electron chi connectivity index (χ3n) is 3.55. The number of amidine groups is 1. The smallest absolute Gasteiger partial charge is 0.435 e. The van der Waals surface area contributed by atoms with Crippen molar-refractivity contribution in [2.24, 2.45) is 4.99 Å². The summed E-state index contributed by atoms with van der Waals surface area (Å²) in [6, 6.07) is 8.78. The predicted octanol–water partition coefficient (Wildman–Crippen LogP) is 3.66. The molecule has 0 N–H and O–H groups in total. The van der Waals surface area contributed by atoms with Gasteiger partial charge in [-0.25, -0.2) is 19.4 Å². The van der Waals surface area contributed by atoms with Gasteiger partial charge < -0.3 is 14.2 Å². The normalized spacial score (nSPS) is 16.3. The first kappa shape index (κ1) is 22.2. The summed E-state index contributed by atoms with van der Waals surface area (Å²) < 4.78 is 15.7. The first-order valence-corrected chi connectivity index (χ1v) is 9.46. The average molecular weight is 405 g/mol. The van der Waals surface area contributed by atoms with Gasteiger partial charge >= 0.3 is 18.2 Å². The standard InChI is InChI=1S/C20H27N3O6/c1-12(2)27-18(24)17-21-16(15-10-8-7-9-11-15)22(19(25)28-13(3)4)23(17)20(26)29-14(5)6/h7-14,16H,1-6H3. The number of hydrazine groups is 1. The van der Waals surface area contributed by atoms with E-state index < -0.39 is 42.6 Å². The van der Waals surface area contributed by atoms with Gasteiger partial charge in [0, 0.05) is 0 Å². The summed E-state index contributed by atoms with van der Waals surface area (Å²) in [6.07, 6.45) is -4.14. The molecule has 1 aliphatic rings. The molecule has 1 aromatic rings. The molecular weight excluding hydrogens is 378 g/mol. The maximum atomic E-state index is 12.9. The first-order chi connectivity index (χ1) is 13.6. The van der Waals surface area contributed by atoms with Crippen LogP contribution in [-0.2, 0) is 19.0 Å². The van der Waals surface area contributed by atoms with Crippen molar-refractivity contribution in [1.29, 1.82) is 0 Å². The maximum Gasteiger partial charge on any atom is 0.435 e. The molecular formula is C20H27N3O6. The number of rotatable bonds is 5. The van der Waals surface area contributed by atoms with E-state index in [1.54, 1.807) is 71.9 Å². The molecule has 1 unspecified atom stereocenters. The second kappa shape index (κ2) is 9.40. The Morgan fingerprint density at radius 1 is 0.828 bits per heavy atom. The van der Waals surface area contributed by atoms with Crippen LogP contribution >= 0.6 is 0 Å². The molecule has 0 bridgehead atoms. The lowest BCUT2D eigenvalue weighted by molar-refractivity contribution is -0.140. The van der Waals surface area contributed by atoms with E-state index in [1.165, 1.54) is 0 Å². The lowest BCUT2D eigenvalue weighted by Gasteiger charge is -2.31. The Morgan fingerprint density at radius 3 is 1.86 bits per heavy atom. The van der Waals surface area contributed by atoms with E-state index in [0.29, 0.717) is 5.56 Å². The van der Waals surface area contributed by atoms with Crippen molar-refractivity contribution in [3.8, 4) is 0 Å². The second-order valence-corrected chi connectivity index (χ2v) is 7.21. The Balaban J connectivity index is 2.54. The molecule has 0 radical (unpaired) electrons. The highest BCUT2D eigenvalue weighted by molar-refractivity contribution is 6.38. The van der Waals surface area contributed by atoms with Gasteiger partial charge in [-0.3, -0.25) is 0 Å². The van der Waals surface area contributed by atoms with E-state index in [0.717, 1.165) is 10.0 Å². The molecule has 1 aromatic carbocycles. The minimum Gasteiger partial charge on any atom is -0.457 e. The highest BCUT2D eigenvalue weighted by Gasteiger charge is 2.47. The SMILES string of the molecule is CC(C)OC(=O)C1=NC(c2ccccc2)N(C(=O)OC(C)C)N1C(=O)OC(C)C. The number of benzene rings is 1. The number of aliphatic imine (C=N–C) groups is 1. The maximum absolute atomic E-state index is 12.9. The Bertz CT molecular complexity index is 776. The summed E-state index contributed by atoms with van der Waals surface area (Å²) in [4.78, 5) is 42.6. The van der Waals surface area contributed by atoms with E-state index >= 15 is 0 Å². The van der Waals surface area contributed by atoms with Crippen LogP contribution in [0.15, 0.2) is 35.3 Å². The zero-order valence-corrected chi connectivity index (χ0v) is 17.5. The zero-order valence-electron chi connectivity index (χ0n) is 17.5. The molecule has 0 aromatic heterocycles. The molecule has 0 saturated heterocycles. The Kier molecular flexibility index (Phi) is 7.19. The molecule has 158 valence electrons. The van der Waals surface area contributed by atoms with Gasteiger partial charge in [0.25, 0.3) is 0 Å². The number of esters is 1. The monoisotopic (exact) mass is 405 g/mol. The lowest BCUT2D eigenvalue weighted by atomic mass is 10.2. The van der Waals surface area contributed by atoms with Crippen LogP contribution in [0.5, 0.6) is 0 Å². The molecule has 0 saturated carbocycles. The van der Waals surface area contributed by atoms with E-state index in [4.69, 9.17) is 14.2 Å². The molecule has 9 heteroatoms. The van der Waals surface area contributed by atoms with Crippen LogP contribution in [0.3, 0.4) is 0 Å². The number of carbonyl (C=O) groups is 3. The second-order valence-electron chi connectivity index (χ2n) is 7.21. The van der Waals surface area contributed by atoms with E-state index in [1.807, 2.05) is 0 Å². The summed E-state index contributed by atoms with van der Waals surface area (Å²) >= 11 is 0. The van der Waals surface area contributed by atoms with Crippen molar-refractivity contribution in [3.05, 3.63) is 35.9 Å². The van der Waals surface area contributed by atoms with E-state index in [2.05, 4.69) is 4.99 Å². The van der Waals surface area contributed by atoms with Crippen LogP contribution in [0.2, 0.25) is 0 Å². The molecule has 1 heterocycles. The fraction of sp³-hybridized carbons (Fsp3) is 0.500. The zero-order chi connectivity index (χ0) is 21.7. The van der Waals surface area contributed by atoms with Crippen LogP contribution < -0.4 is 0 Å². The quantitative estimate of drug-likeness (QED) is 0.548. The summed E-state index contributed by atoms with van der Waals surface area (Å²) in [6.45, 7) is 10.0. The number of ether oxygens (including phenoxy) is 3. The summed E-state index contributed by atoms with van der Waals surface area (Å²) in [7, 11) is 0. The van der Waals surface area contributed by atoms with E-state index in [9.17, 15) is 14.4 Å². The highest BCUT2D eigenvalue weighted by Crippen LogP contribution is 2.32. The van der Waals surface area contributed by atoms with Crippen molar-refractivity contribution in [2.45, 2.75) is 66.0 Å². The average Bonchev–Trinajstić information content (AvgIpc) is 3.01. The van der Waals surface area contributed by atoms with Crippen LogP contribution in [0.1, 0.15) is 53.3 Å². The van der Waals surface area contributed by atoms with Crippen LogP contribution in [0.25, 0.3) is 0 Å². The Hall–Kier alpha value is -3.10. The lowest BCUT2D eigenvalue weighted by Crippen LogP contribution is -2.52. The molecule has 1 aliphatic heterocycles. The Morgan fingerprint density at radius 2 is 1.34 bits per heavy atom. The van der Waals surface area contributed by atoms with Gasteiger partial charge in [0.05, 0.1) is 18.3 Å². The Labute approximate surface area is 170 Å². The van der Waals surface area contributed by atoms with Gasteiger partial charge in [-0.15, -0.1) is 0 Å². The molecule has 0 fully saturated rings. The number of amides is 2. The minimum absolute atomic E-state index is 0.348. The van der Waals surface area contributed by atoms with Crippen molar-refractivity contribution >= 4 is 24.0 Å². The van der Waals surface area contributed by atoms with Crippen molar-refractivity contribution < 1.29 is 28.6 Å². The summed E-state index contributed by atoms with van der Waals surface area (Å²) in [5.74, 6) is -1.19. The van der Waals surface area contributed by atoms with Crippen molar-refractivity contribution in [3.63, 3.8) is 0 Å². The summed E-state index contributed by atoms with van der Waals surface area (Å²) in [5.41, 5.74) is 0.586. The van der Waals surface area contributed by atoms with Gasteiger partial charge in [-0.05, 0) is 47.1 Å². The minimum atomic E-state index is -0.989. The highest BCUT2D eigenvalue weighted by atomic mass is 16.6. The topological polar surface area (TPSA) is 97.7 Å². The van der Waals surface area contributed by atoms with Crippen LogP contribution in [0, 0.1) is 0 Å². The number of nitrogens with zero attached hydrogens (tertiary/aromatic N) is 3. The molecule has 2 amide bonds. The molecule has 1 atom stereocenters. The summed E-state index contributed by atoms with van der Waals surface area (Å²) in [5, 5.41) is 1.75. The van der Waals surface area contributed by atoms with Gasteiger partial charge in [0.15, 0.2) is 6.17 Å². The molecule has 2 rings (SSSR count). The van der Waals surface area contributed by atoms with Gasteiger partial charge in [0.1, 0.15) is 0 Å². The van der Waals surface area contributed by atoms with Gasteiger partial charge in [0.2, 0.25) is 5.84 Å². The number of hydrogen-bond donors (Lipinski definition) is 0. The third kappa shape index (κ3) is 5.46. The van der Waals surface area contributed by atoms with Crippen molar-refractivity contribution in [1.82, 2.24) is 10.0 Å². The fourth-order valence-electron chi connectivity index (χ4n) is 2.55. The largest absolute Gasteiger partial charge is 0.457 e. The predicted molar refractivity (Wildman–Crippen MR) is 105 cm³/mol. The first-order valence-electron chi connectivity index (χ1n) is 9.46. The molecule has 0 aliphatic carbocycles. The molecule has 9 nitrogen and oxygen atoms in total. The van der Waals surface area contributed by atoms with Crippen LogP contribution in [0.4, 0.5) is 9.59 Å². The van der Waals surface area contributed by atoms with Gasteiger partial charge in [-0.1, -0.05) is 30.3 Å². The van der Waals surface area contributed by atoms with Gasteiger partial charge in [-0.2, -0.15) is 10.0 Å². The third-order valence-corrected chi connectivity index (χ3v) is 3.55. The fourth-order valence-corrected chi connectivity index (χ4v) is 2.55. The van der Waals surface area contributed by atoms with Crippen LogP contribution in [-0.4, -0.2) is 52.3 Å². The molecule has 29 heavy (non-hydrogen) atoms. The molecule has 0 spiro atoms. The van der Waals surface area contributed by atoms with E-state index in [-0.39, 0.29) is 5.84 Å². The number of hydrogen-bond acceptors (Lipinski definition) is 7.